The molecule has 0 aliphatic heterocycles. The molecule has 0 radical (unpaired) electrons. The van der Waals surface area contributed by atoms with Crippen LogP contribution in [0.2, 0.25) is 0 Å². The molecule has 2 aromatic rings. The average Bonchev–Trinajstić information content (AvgIpc) is 3.02. The van der Waals surface area contributed by atoms with Crippen molar-refractivity contribution in [2.45, 2.75) is 23.9 Å². The standard InChI is InChI=1S/C10H15N5O3S2/c11-13-8-9(14-4-6-19-10(14)12-8)20(17,18)15(3-5-16)7-1-2-7/h4,6-7,13,16H,1-3,5,11H2. The molecule has 4 N–H and O–H groups in total. The van der Waals surface area contributed by atoms with Gasteiger partial charge in [-0.15, -0.1) is 11.3 Å². The quantitative estimate of drug-likeness (QED) is 0.503. The number of aliphatic hydroxyl groups excluding tert-OH is 1. The summed E-state index contributed by atoms with van der Waals surface area (Å²) in [7, 11) is -3.76. The number of hydrogen-bond acceptors (Lipinski definition) is 7. The normalized spacial score (nSPS) is 16.1. The van der Waals surface area contributed by atoms with E-state index < -0.39 is 10.0 Å². The van der Waals surface area contributed by atoms with Crippen molar-refractivity contribution in [3.8, 4) is 0 Å². The second kappa shape index (κ2) is 4.97. The topological polar surface area (TPSA) is 113 Å². The molecule has 8 nitrogen and oxygen atoms in total. The molecule has 0 bridgehead atoms. The van der Waals surface area contributed by atoms with Crippen LogP contribution in [0.1, 0.15) is 12.8 Å². The first-order valence-corrected chi connectivity index (χ1v) is 8.46. The summed E-state index contributed by atoms with van der Waals surface area (Å²) in [5.74, 6) is 5.51. The van der Waals surface area contributed by atoms with E-state index in [4.69, 9.17) is 10.9 Å². The zero-order valence-corrected chi connectivity index (χ0v) is 12.2. The number of fused-ring (bicyclic) bond motifs is 1. The third kappa shape index (κ3) is 2.09. The second-order valence-electron chi connectivity index (χ2n) is 4.54. The molecule has 0 spiro atoms. The van der Waals surface area contributed by atoms with Crippen molar-refractivity contribution < 1.29 is 13.5 Å². The molecule has 0 saturated heterocycles. The van der Waals surface area contributed by atoms with Crippen LogP contribution in [0.4, 0.5) is 5.82 Å². The monoisotopic (exact) mass is 317 g/mol. The largest absolute Gasteiger partial charge is 0.395 e. The minimum Gasteiger partial charge on any atom is -0.395 e. The fraction of sp³-hybridized carbons (Fsp3) is 0.500. The van der Waals surface area contributed by atoms with Crippen molar-refractivity contribution in [3.63, 3.8) is 0 Å². The fourth-order valence-corrected chi connectivity index (χ4v) is 4.84. The van der Waals surface area contributed by atoms with E-state index in [0.717, 1.165) is 12.8 Å². The number of aromatic nitrogens is 2. The van der Waals surface area contributed by atoms with Crippen molar-refractivity contribution in [3.05, 3.63) is 11.6 Å². The molecular formula is C10H15N5O3S2. The summed E-state index contributed by atoms with van der Waals surface area (Å²) < 4.78 is 28.5. The van der Waals surface area contributed by atoms with Crippen molar-refractivity contribution >= 4 is 32.1 Å². The molecule has 0 unspecified atom stereocenters. The number of nitrogens with two attached hydrogens (primary N) is 1. The molecule has 2 heterocycles. The number of nitrogens with zero attached hydrogens (tertiary/aromatic N) is 3. The average molecular weight is 317 g/mol. The van der Waals surface area contributed by atoms with Gasteiger partial charge in [0, 0.05) is 24.2 Å². The van der Waals surface area contributed by atoms with Crippen LogP contribution in [0.5, 0.6) is 0 Å². The lowest BCUT2D eigenvalue weighted by Crippen LogP contribution is -2.36. The van der Waals surface area contributed by atoms with E-state index in [9.17, 15) is 8.42 Å². The highest BCUT2D eigenvalue weighted by atomic mass is 32.2. The Morgan fingerprint density at radius 3 is 2.95 bits per heavy atom. The van der Waals surface area contributed by atoms with Gasteiger partial charge in [-0.25, -0.2) is 14.3 Å². The summed E-state index contributed by atoms with van der Waals surface area (Å²) in [6, 6.07) is -0.0399. The maximum absolute atomic E-state index is 12.8. The molecule has 0 amide bonds. The Hall–Kier alpha value is -1.20. The first-order valence-electron chi connectivity index (χ1n) is 6.14. The van der Waals surface area contributed by atoms with E-state index in [1.807, 2.05) is 0 Å². The summed E-state index contributed by atoms with van der Waals surface area (Å²) in [6.07, 6.45) is 3.27. The van der Waals surface area contributed by atoms with E-state index in [-0.39, 0.29) is 30.0 Å². The lowest BCUT2D eigenvalue weighted by atomic mass is 10.6. The van der Waals surface area contributed by atoms with Crippen LogP contribution >= 0.6 is 11.3 Å². The van der Waals surface area contributed by atoms with Crippen LogP contribution in [0.25, 0.3) is 4.96 Å². The highest BCUT2D eigenvalue weighted by Crippen LogP contribution is 2.34. The number of sulfonamides is 1. The maximum atomic E-state index is 12.8. The molecule has 1 fully saturated rings. The van der Waals surface area contributed by atoms with Gasteiger partial charge < -0.3 is 10.5 Å². The number of thiazole rings is 1. The first-order chi connectivity index (χ1) is 9.59. The molecule has 1 aliphatic carbocycles. The van der Waals surface area contributed by atoms with Gasteiger partial charge in [-0.3, -0.25) is 4.40 Å². The van der Waals surface area contributed by atoms with Crippen LogP contribution in [0, 0.1) is 0 Å². The first kappa shape index (κ1) is 13.8. The molecule has 2 aromatic heterocycles. The van der Waals surface area contributed by atoms with Gasteiger partial charge in [-0.1, -0.05) is 0 Å². The molecule has 20 heavy (non-hydrogen) atoms. The van der Waals surface area contributed by atoms with Gasteiger partial charge >= 0.3 is 0 Å². The molecule has 3 rings (SSSR count). The zero-order valence-electron chi connectivity index (χ0n) is 10.6. The number of imidazole rings is 1. The Morgan fingerprint density at radius 2 is 2.35 bits per heavy atom. The number of nitrogen functional groups attached to an aromatic ring is 1. The highest BCUT2D eigenvalue weighted by Gasteiger charge is 2.40. The van der Waals surface area contributed by atoms with Crippen molar-refractivity contribution in [2.24, 2.45) is 5.84 Å². The Kier molecular flexibility index (Phi) is 3.42. The molecule has 0 atom stereocenters. The molecule has 110 valence electrons. The van der Waals surface area contributed by atoms with Crippen LogP contribution in [-0.4, -0.2) is 46.4 Å². The number of hydrazine groups is 1. The van der Waals surface area contributed by atoms with Crippen LogP contribution in [-0.2, 0) is 10.0 Å². The smallest absolute Gasteiger partial charge is 0.263 e. The Labute approximate surface area is 119 Å². The second-order valence-corrected chi connectivity index (χ2v) is 7.21. The third-order valence-corrected chi connectivity index (χ3v) is 5.92. The number of aliphatic hydroxyl groups is 1. The summed E-state index contributed by atoms with van der Waals surface area (Å²) >= 11 is 1.33. The van der Waals surface area contributed by atoms with Gasteiger partial charge in [0.1, 0.15) is 0 Å². The van der Waals surface area contributed by atoms with Crippen molar-refractivity contribution in [1.29, 1.82) is 0 Å². The fourth-order valence-electron chi connectivity index (χ4n) is 2.18. The Morgan fingerprint density at radius 1 is 1.60 bits per heavy atom. The van der Waals surface area contributed by atoms with E-state index in [1.54, 1.807) is 11.6 Å². The molecule has 1 aliphatic rings. The van der Waals surface area contributed by atoms with Crippen LogP contribution < -0.4 is 11.3 Å². The molecule has 10 heteroatoms. The lowest BCUT2D eigenvalue weighted by molar-refractivity contribution is 0.250. The van der Waals surface area contributed by atoms with Gasteiger partial charge in [0.2, 0.25) is 5.03 Å². The van der Waals surface area contributed by atoms with Gasteiger partial charge in [0.15, 0.2) is 10.8 Å². The van der Waals surface area contributed by atoms with Crippen molar-refractivity contribution in [1.82, 2.24) is 13.7 Å². The van der Waals surface area contributed by atoms with Crippen LogP contribution in [0.15, 0.2) is 16.6 Å². The number of hydrogen-bond donors (Lipinski definition) is 3. The number of nitrogens with one attached hydrogen (secondary N) is 1. The third-order valence-electron chi connectivity index (χ3n) is 3.18. The van der Waals surface area contributed by atoms with Crippen molar-refractivity contribution in [2.75, 3.05) is 18.6 Å². The van der Waals surface area contributed by atoms with Crippen LogP contribution in [0.3, 0.4) is 0 Å². The van der Waals surface area contributed by atoms with E-state index >= 15 is 0 Å². The van der Waals surface area contributed by atoms with Gasteiger partial charge in [0.05, 0.1) is 6.61 Å². The van der Waals surface area contributed by atoms with E-state index in [1.165, 1.54) is 20.0 Å². The summed E-state index contributed by atoms with van der Waals surface area (Å²) in [5.41, 5.74) is 2.34. The minimum atomic E-state index is -3.76. The lowest BCUT2D eigenvalue weighted by Gasteiger charge is -2.20. The minimum absolute atomic E-state index is 0.0246. The maximum Gasteiger partial charge on any atom is 0.263 e. The summed E-state index contributed by atoms with van der Waals surface area (Å²) in [4.78, 5) is 4.71. The summed E-state index contributed by atoms with van der Waals surface area (Å²) in [5, 5.41) is 10.9. The molecular weight excluding hydrogens is 302 g/mol. The van der Waals surface area contributed by atoms with Gasteiger partial charge in [-0.2, -0.15) is 9.29 Å². The van der Waals surface area contributed by atoms with Gasteiger partial charge in [-0.05, 0) is 12.8 Å². The number of rotatable bonds is 6. The molecule has 0 aromatic carbocycles. The SMILES string of the molecule is NNc1nc2sccn2c1S(=O)(=O)N(CCO)C1CC1. The highest BCUT2D eigenvalue weighted by molar-refractivity contribution is 7.89. The molecule has 1 saturated carbocycles. The van der Waals surface area contributed by atoms with E-state index in [0.29, 0.717) is 4.96 Å². The summed E-state index contributed by atoms with van der Waals surface area (Å²) in [6.45, 7) is -0.138. The zero-order chi connectivity index (χ0) is 14.3. The number of anilines is 1. The Bertz CT molecular complexity index is 718. The predicted octanol–water partition coefficient (Wildman–Crippen LogP) is -0.173. The van der Waals surface area contributed by atoms with E-state index in [2.05, 4.69) is 10.4 Å². The Balaban J connectivity index is 2.13. The predicted molar refractivity (Wildman–Crippen MR) is 74.9 cm³/mol. The van der Waals surface area contributed by atoms with Gasteiger partial charge in [0.25, 0.3) is 10.0 Å².